The molecule has 0 aliphatic heterocycles. The second kappa shape index (κ2) is 14.6. The lowest BCUT2D eigenvalue weighted by atomic mass is 10.1. The molecule has 0 aromatic heterocycles. The number of carboxylic acid groups (broad SMARTS) is 2. The standard InChI is InChI=1S/C16H28N4O8S/c1-2-3-4-7-20(28)16(27)29-9-11(14(24)18-8-13(22)23)19-12(21)6-5-10(17)15(25)26/h10-11,28H,2-9,17H2,1H3,(H,18,24)(H,19,21)(H,22,23)(H,25,26)/t10-,11-/m0/s1. The molecule has 3 amide bonds. The monoisotopic (exact) mass is 436 g/mol. The molecule has 29 heavy (non-hydrogen) atoms. The van der Waals surface area contributed by atoms with Gasteiger partial charge in [0.15, 0.2) is 0 Å². The lowest BCUT2D eigenvalue weighted by Crippen LogP contribution is -2.50. The van der Waals surface area contributed by atoms with Crippen LogP contribution in [-0.2, 0) is 19.2 Å². The van der Waals surface area contributed by atoms with Crippen molar-refractivity contribution in [3.8, 4) is 0 Å². The Hall–Kier alpha value is -2.38. The summed E-state index contributed by atoms with van der Waals surface area (Å²) in [6.07, 6.45) is 1.88. The summed E-state index contributed by atoms with van der Waals surface area (Å²) in [4.78, 5) is 57.3. The highest BCUT2D eigenvalue weighted by Gasteiger charge is 2.24. The van der Waals surface area contributed by atoms with Crippen molar-refractivity contribution in [2.24, 2.45) is 5.73 Å². The maximum Gasteiger partial charge on any atom is 0.322 e. The summed E-state index contributed by atoms with van der Waals surface area (Å²) >= 11 is 0.580. The minimum absolute atomic E-state index is 0.120. The highest BCUT2D eigenvalue weighted by Crippen LogP contribution is 2.11. The Balaban J connectivity index is 4.77. The third-order valence-electron chi connectivity index (χ3n) is 3.62. The van der Waals surface area contributed by atoms with Gasteiger partial charge in [-0.2, -0.15) is 0 Å². The van der Waals surface area contributed by atoms with E-state index in [1.54, 1.807) is 0 Å². The van der Waals surface area contributed by atoms with Crippen molar-refractivity contribution in [1.82, 2.24) is 15.7 Å². The van der Waals surface area contributed by atoms with Gasteiger partial charge in [0.05, 0.1) is 0 Å². The van der Waals surface area contributed by atoms with Crippen molar-refractivity contribution in [3.05, 3.63) is 0 Å². The number of amides is 3. The number of carbonyl (C=O) groups is 5. The molecule has 0 unspecified atom stereocenters. The summed E-state index contributed by atoms with van der Waals surface area (Å²) < 4.78 is 0. The number of hydrogen-bond donors (Lipinski definition) is 6. The molecular formula is C16H28N4O8S. The van der Waals surface area contributed by atoms with E-state index < -0.39 is 47.6 Å². The molecule has 0 aromatic carbocycles. The third kappa shape index (κ3) is 12.6. The Kier molecular flexibility index (Phi) is 13.4. The van der Waals surface area contributed by atoms with E-state index in [-0.39, 0.29) is 25.1 Å². The van der Waals surface area contributed by atoms with Crippen LogP contribution >= 0.6 is 11.8 Å². The number of nitrogens with one attached hydrogen (secondary N) is 2. The molecule has 0 radical (unpaired) electrons. The zero-order valence-corrected chi connectivity index (χ0v) is 16.9. The smallest absolute Gasteiger partial charge is 0.322 e. The van der Waals surface area contributed by atoms with Gasteiger partial charge < -0.3 is 26.6 Å². The number of carbonyl (C=O) groups excluding carboxylic acids is 3. The van der Waals surface area contributed by atoms with Crippen LogP contribution in [0.15, 0.2) is 0 Å². The fourth-order valence-corrected chi connectivity index (χ4v) is 2.76. The summed E-state index contributed by atoms with van der Waals surface area (Å²) in [6.45, 7) is 1.40. The second-order valence-electron chi connectivity index (χ2n) is 6.12. The molecule has 0 fully saturated rings. The highest BCUT2D eigenvalue weighted by molar-refractivity contribution is 8.13. The summed E-state index contributed by atoms with van der Waals surface area (Å²) in [5, 5.41) is 31.2. The van der Waals surface area contributed by atoms with Gasteiger partial charge in [0.2, 0.25) is 11.8 Å². The molecule has 166 valence electrons. The van der Waals surface area contributed by atoms with Gasteiger partial charge in [-0.15, -0.1) is 0 Å². The van der Waals surface area contributed by atoms with Crippen LogP contribution in [0.5, 0.6) is 0 Å². The fraction of sp³-hybridized carbons (Fsp3) is 0.688. The minimum Gasteiger partial charge on any atom is -0.480 e. The van der Waals surface area contributed by atoms with Crippen molar-refractivity contribution in [2.75, 3.05) is 18.8 Å². The lowest BCUT2D eigenvalue weighted by Gasteiger charge is -2.19. The number of unbranched alkanes of at least 4 members (excludes halogenated alkanes) is 2. The van der Waals surface area contributed by atoms with E-state index in [0.717, 1.165) is 12.8 Å². The Bertz CT molecular complexity index is 589. The molecule has 0 spiro atoms. The number of rotatable bonds is 14. The maximum absolute atomic E-state index is 12.1. The van der Waals surface area contributed by atoms with Gasteiger partial charge in [0.25, 0.3) is 0 Å². The number of hydrogen-bond acceptors (Lipinski definition) is 8. The largest absolute Gasteiger partial charge is 0.480 e. The second-order valence-corrected chi connectivity index (χ2v) is 7.09. The number of thioether (sulfide) groups is 1. The molecule has 12 nitrogen and oxygen atoms in total. The van der Waals surface area contributed by atoms with Gasteiger partial charge in [-0.3, -0.25) is 29.2 Å². The average Bonchev–Trinajstić information content (AvgIpc) is 2.66. The van der Waals surface area contributed by atoms with Crippen LogP contribution in [0.4, 0.5) is 4.79 Å². The summed E-state index contributed by atoms with van der Waals surface area (Å²) in [6, 6.07) is -2.51. The number of aliphatic carboxylic acids is 2. The average molecular weight is 436 g/mol. The first-order chi connectivity index (χ1) is 13.6. The molecule has 0 rings (SSSR count). The normalized spacial score (nSPS) is 12.5. The third-order valence-corrected chi connectivity index (χ3v) is 4.58. The Morgan fingerprint density at radius 1 is 1.14 bits per heavy atom. The zero-order chi connectivity index (χ0) is 22.4. The SMILES string of the molecule is CCCCCN(O)C(=O)SC[C@H](NC(=O)CC[C@H](N)C(=O)O)C(=O)NCC(=O)O. The maximum atomic E-state index is 12.1. The first kappa shape index (κ1) is 26.6. The molecule has 0 saturated carbocycles. The number of hydroxylamine groups is 2. The predicted molar refractivity (Wildman–Crippen MR) is 103 cm³/mol. The van der Waals surface area contributed by atoms with Gasteiger partial charge in [0, 0.05) is 18.7 Å². The molecule has 0 saturated heterocycles. The molecule has 7 N–H and O–H groups in total. The van der Waals surface area contributed by atoms with Crippen molar-refractivity contribution < 1.29 is 39.4 Å². The van der Waals surface area contributed by atoms with Crippen LogP contribution in [0.2, 0.25) is 0 Å². The number of carboxylic acids is 2. The van der Waals surface area contributed by atoms with Crippen LogP contribution in [0, 0.1) is 0 Å². The molecule has 0 bridgehead atoms. The van der Waals surface area contributed by atoms with Gasteiger partial charge >= 0.3 is 17.2 Å². The summed E-state index contributed by atoms with van der Waals surface area (Å²) in [5.41, 5.74) is 5.31. The topological polar surface area (TPSA) is 199 Å². The van der Waals surface area contributed by atoms with Crippen LogP contribution in [0.3, 0.4) is 0 Å². The van der Waals surface area contributed by atoms with E-state index in [1.807, 2.05) is 6.92 Å². The summed E-state index contributed by atoms with van der Waals surface area (Å²) in [5.74, 6) is -4.35. The van der Waals surface area contributed by atoms with E-state index in [9.17, 15) is 29.2 Å². The lowest BCUT2D eigenvalue weighted by molar-refractivity contribution is -0.139. The predicted octanol–water partition coefficient (Wildman–Crippen LogP) is -0.401. The van der Waals surface area contributed by atoms with E-state index in [4.69, 9.17) is 15.9 Å². The minimum atomic E-state index is -1.29. The van der Waals surface area contributed by atoms with E-state index >= 15 is 0 Å². The van der Waals surface area contributed by atoms with Gasteiger partial charge in [-0.05, 0) is 12.8 Å². The van der Waals surface area contributed by atoms with Crippen molar-refractivity contribution in [1.29, 1.82) is 0 Å². The molecule has 13 heteroatoms. The zero-order valence-electron chi connectivity index (χ0n) is 16.1. The molecule has 0 aliphatic carbocycles. The van der Waals surface area contributed by atoms with Crippen LogP contribution < -0.4 is 16.4 Å². The number of nitrogens with two attached hydrogens (primary N) is 1. The number of nitrogens with zero attached hydrogens (tertiary/aromatic N) is 1. The Labute approximate surface area is 172 Å². The first-order valence-corrected chi connectivity index (χ1v) is 9.97. The van der Waals surface area contributed by atoms with Crippen molar-refractivity contribution >= 4 is 40.8 Å². The van der Waals surface area contributed by atoms with Gasteiger partial charge in [0.1, 0.15) is 18.6 Å². The molecule has 0 aliphatic rings. The van der Waals surface area contributed by atoms with Gasteiger partial charge in [-0.1, -0.05) is 31.5 Å². The summed E-state index contributed by atoms with van der Waals surface area (Å²) in [7, 11) is 0. The Morgan fingerprint density at radius 3 is 2.34 bits per heavy atom. The van der Waals surface area contributed by atoms with E-state index in [0.29, 0.717) is 23.2 Å². The highest BCUT2D eigenvalue weighted by atomic mass is 32.2. The van der Waals surface area contributed by atoms with Gasteiger partial charge in [-0.25, -0.2) is 5.06 Å². The molecule has 0 heterocycles. The quantitative estimate of drug-likeness (QED) is 0.118. The fourth-order valence-electron chi connectivity index (χ4n) is 1.98. The molecule has 0 aromatic rings. The van der Waals surface area contributed by atoms with E-state index in [2.05, 4.69) is 10.6 Å². The van der Waals surface area contributed by atoms with Crippen LogP contribution in [0.25, 0.3) is 0 Å². The Morgan fingerprint density at radius 2 is 1.79 bits per heavy atom. The van der Waals surface area contributed by atoms with Crippen molar-refractivity contribution in [2.45, 2.75) is 51.1 Å². The van der Waals surface area contributed by atoms with Crippen LogP contribution in [-0.4, -0.2) is 80.4 Å². The van der Waals surface area contributed by atoms with Crippen molar-refractivity contribution in [3.63, 3.8) is 0 Å². The van der Waals surface area contributed by atoms with E-state index in [1.165, 1.54) is 0 Å². The molecular weight excluding hydrogens is 408 g/mol. The van der Waals surface area contributed by atoms with Crippen LogP contribution in [0.1, 0.15) is 39.0 Å². The first-order valence-electron chi connectivity index (χ1n) is 8.98. The molecule has 2 atom stereocenters.